The Kier molecular flexibility index (Phi) is 5.55. The number of nitrogens with zero attached hydrogens (tertiary/aromatic N) is 3. The Bertz CT molecular complexity index is 862. The molecule has 0 atom stereocenters. The van der Waals surface area contributed by atoms with E-state index >= 15 is 0 Å². The maximum Gasteiger partial charge on any atom is 0.156 e. The van der Waals surface area contributed by atoms with Crippen LogP contribution in [0.15, 0.2) is 48.7 Å². The third-order valence-electron chi connectivity index (χ3n) is 5.31. The third-order valence-corrected chi connectivity index (χ3v) is 5.31. The van der Waals surface area contributed by atoms with Crippen molar-refractivity contribution in [1.82, 2.24) is 4.48 Å². The summed E-state index contributed by atoms with van der Waals surface area (Å²) in [5.74, 6) is 0. The largest absolute Gasteiger partial charge is 0.373 e. The highest BCUT2D eigenvalue weighted by atomic mass is 16.5. The number of para-hydroxylation sites is 1. The summed E-state index contributed by atoms with van der Waals surface area (Å²) in [5, 5.41) is 0. The average molecular weight is 381 g/mol. The van der Waals surface area contributed by atoms with Gasteiger partial charge in [0.2, 0.25) is 0 Å². The lowest BCUT2D eigenvalue weighted by molar-refractivity contribution is -0.0128. The maximum atomic E-state index is 6.12. The summed E-state index contributed by atoms with van der Waals surface area (Å²) in [5.41, 5.74) is 5.93. The molecule has 4 nitrogen and oxygen atoms in total. The van der Waals surface area contributed by atoms with Crippen molar-refractivity contribution in [3.63, 3.8) is 0 Å². The van der Waals surface area contributed by atoms with Crippen molar-refractivity contribution < 1.29 is 4.74 Å². The van der Waals surface area contributed by atoms with Gasteiger partial charge in [0.15, 0.2) is 5.69 Å². The molecule has 0 amide bonds. The van der Waals surface area contributed by atoms with E-state index in [-0.39, 0.29) is 5.60 Å². The minimum atomic E-state index is -0.274. The summed E-state index contributed by atoms with van der Waals surface area (Å²) < 4.78 is 6.90. The number of benzene rings is 2. The van der Waals surface area contributed by atoms with Crippen molar-refractivity contribution in [2.75, 3.05) is 58.2 Å². The van der Waals surface area contributed by atoms with Crippen LogP contribution >= 0.6 is 0 Å². The summed E-state index contributed by atoms with van der Waals surface area (Å²) in [6, 6.07) is 15.2. The standard InChI is InChI=1S/C24H34N3O/c1-24(2)20-10-8-9-11-21(20)26(16-17-28-24)15-14-19-12-13-22(25(3)4)23(18-19)27(5,6)7/h8-15,18H,16-17H2,1-7H3/q+1. The quantitative estimate of drug-likeness (QED) is 0.716. The monoisotopic (exact) mass is 380 g/mol. The van der Waals surface area contributed by atoms with Gasteiger partial charge in [-0.05, 0) is 37.6 Å². The van der Waals surface area contributed by atoms with E-state index in [0.29, 0.717) is 6.61 Å². The van der Waals surface area contributed by atoms with Gasteiger partial charge >= 0.3 is 0 Å². The molecule has 0 fully saturated rings. The number of hydrogen-bond acceptors (Lipinski definition) is 3. The molecule has 1 heterocycles. The number of quaternary nitrogens is 1. The smallest absolute Gasteiger partial charge is 0.156 e. The zero-order valence-corrected chi connectivity index (χ0v) is 18.4. The highest BCUT2D eigenvalue weighted by Crippen LogP contribution is 2.36. The van der Waals surface area contributed by atoms with Gasteiger partial charge in [-0.25, -0.2) is 0 Å². The Morgan fingerprint density at radius 1 is 1.07 bits per heavy atom. The first kappa shape index (κ1) is 20.4. The van der Waals surface area contributed by atoms with E-state index in [1.165, 1.54) is 28.2 Å². The molecule has 1 aliphatic heterocycles. The molecule has 2 aromatic rings. The van der Waals surface area contributed by atoms with Crippen molar-refractivity contribution in [1.29, 1.82) is 0 Å². The Balaban J connectivity index is 1.96. The minimum Gasteiger partial charge on any atom is -0.373 e. The number of anilines is 2. The van der Waals surface area contributed by atoms with Gasteiger partial charge in [-0.3, -0.25) is 4.48 Å². The first-order valence-corrected chi connectivity index (χ1v) is 9.91. The summed E-state index contributed by atoms with van der Waals surface area (Å²) in [6.45, 7) is 5.84. The first-order valence-electron chi connectivity index (χ1n) is 9.91. The molecule has 1 aliphatic rings. The molecule has 0 saturated carbocycles. The lowest BCUT2D eigenvalue weighted by atomic mass is 9.96. The highest BCUT2D eigenvalue weighted by molar-refractivity contribution is 5.73. The predicted octanol–water partition coefficient (Wildman–Crippen LogP) is 4.69. The van der Waals surface area contributed by atoms with Gasteiger partial charge in [-0.15, -0.1) is 0 Å². The van der Waals surface area contributed by atoms with Crippen LogP contribution in [0, 0.1) is 0 Å². The van der Waals surface area contributed by atoms with E-state index in [0.717, 1.165) is 11.0 Å². The van der Waals surface area contributed by atoms with E-state index in [1.54, 1.807) is 0 Å². The van der Waals surface area contributed by atoms with Crippen LogP contribution in [-0.4, -0.2) is 48.4 Å². The van der Waals surface area contributed by atoms with Crippen molar-refractivity contribution in [3.8, 4) is 0 Å². The second kappa shape index (κ2) is 7.61. The molecule has 0 bridgehead atoms. The predicted molar refractivity (Wildman–Crippen MR) is 122 cm³/mol. The van der Waals surface area contributed by atoms with Crippen molar-refractivity contribution in [3.05, 3.63) is 59.8 Å². The summed E-state index contributed by atoms with van der Waals surface area (Å²) in [6.07, 6.45) is 4.39. The Morgan fingerprint density at radius 2 is 1.79 bits per heavy atom. The van der Waals surface area contributed by atoms with Gasteiger partial charge in [0.05, 0.1) is 39.0 Å². The van der Waals surface area contributed by atoms with Crippen LogP contribution in [0.4, 0.5) is 17.1 Å². The molecule has 3 rings (SSSR count). The Labute approximate surface area is 170 Å². The minimum absolute atomic E-state index is 0.274. The Hall–Kier alpha value is -2.30. The van der Waals surface area contributed by atoms with Crippen LogP contribution in [0.3, 0.4) is 0 Å². The molecular weight excluding hydrogens is 346 g/mol. The van der Waals surface area contributed by atoms with Crippen molar-refractivity contribution in [2.45, 2.75) is 19.4 Å². The molecule has 0 radical (unpaired) electrons. The van der Waals surface area contributed by atoms with E-state index in [4.69, 9.17) is 4.74 Å². The van der Waals surface area contributed by atoms with Crippen LogP contribution in [0.25, 0.3) is 6.08 Å². The van der Waals surface area contributed by atoms with Crippen LogP contribution in [0.5, 0.6) is 0 Å². The normalized spacial score (nSPS) is 16.8. The molecule has 0 saturated heterocycles. The number of fused-ring (bicyclic) bond motifs is 1. The molecule has 2 aromatic carbocycles. The average Bonchev–Trinajstić information content (AvgIpc) is 2.75. The van der Waals surface area contributed by atoms with Gasteiger partial charge in [0.25, 0.3) is 0 Å². The lowest BCUT2D eigenvalue weighted by Gasteiger charge is -2.29. The van der Waals surface area contributed by atoms with Crippen molar-refractivity contribution >= 4 is 23.1 Å². The van der Waals surface area contributed by atoms with Crippen LogP contribution in [0.1, 0.15) is 25.0 Å². The van der Waals surface area contributed by atoms with Gasteiger partial charge in [-0.1, -0.05) is 24.3 Å². The van der Waals surface area contributed by atoms with Crippen LogP contribution in [-0.2, 0) is 10.3 Å². The molecule has 0 spiro atoms. The summed E-state index contributed by atoms with van der Waals surface area (Å²) in [7, 11) is 10.8. The number of ether oxygens (including phenoxy) is 1. The molecule has 0 N–H and O–H groups in total. The molecule has 4 heteroatoms. The second-order valence-corrected chi connectivity index (χ2v) is 9.04. The van der Waals surface area contributed by atoms with Crippen molar-refractivity contribution in [2.24, 2.45) is 0 Å². The molecule has 150 valence electrons. The summed E-state index contributed by atoms with van der Waals surface area (Å²) in [4.78, 5) is 4.48. The number of hydrogen-bond donors (Lipinski definition) is 0. The summed E-state index contributed by atoms with van der Waals surface area (Å²) >= 11 is 0. The molecule has 28 heavy (non-hydrogen) atoms. The first-order chi connectivity index (χ1) is 13.1. The van der Waals surface area contributed by atoms with Gasteiger partial charge in [0.1, 0.15) is 0 Å². The fourth-order valence-corrected chi connectivity index (χ4v) is 3.72. The van der Waals surface area contributed by atoms with E-state index in [2.05, 4.69) is 114 Å². The van der Waals surface area contributed by atoms with E-state index < -0.39 is 0 Å². The van der Waals surface area contributed by atoms with Crippen LogP contribution in [0.2, 0.25) is 0 Å². The van der Waals surface area contributed by atoms with Gasteiger partial charge in [0, 0.05) is 44.2 Å². The highest BCUT2D eigenvalue weighted by Gasteiger charge is 2.28. The van der Waals surface area contributed by atoms with Gasteiger partial charge in [-0.2, -0.15) is 0 Å². The second-order valence-electron chi connectivity index (χ2n) is 9.04. The zero-order valence-electron chi connectivity index (χ0n) is 18.4. The fraction of sp³-hybridized carbons (Fsp3) is 0.417. The maximum absolute atomic E-state index is 6.12. The molecular formula is C24H34N3O+. The SMILES string of the molecule is CN(C)c1ccc(C=CN2CCOC(C)(C)c3ccccc32)cc1[N+](C)(C)C. The van der Waals surface area contributed by atoms with E-state index in [9.17, 15) is 0 Å². The third kappa shape index (κ3) is 4.23. The molecule has 0 aliphatic carbocycles. The molecule has 0 aromatic heterocycles. The van der Waals surface area contributed by atoms with E-state index in [1.807, 2.05) is 0 Å². The Morgan fingerprint density at radius 3 is 2.46 bits per heavy atom. The number of rotatable bonds is 4. The zero-order chi connectivity index (χ0) is 20.5. The lowest BCUT2D eigenvalue weighted by Crippen LogP contribution is -2.36. The molecule has 0 unspecified atom stereocenters. The van der Waals surface area contributed by atoms with Crippen LogP contribution < -0.4 is 14.3 Å². The fourth-order valence-electron chi connectivity index (χ4n) is 3.72. The topological polar surface area (TPSA) is 15.7 Å². The van der Waals surface area contributed by atoms with Gasteiger partial charge < -0.3 is 14.5 Å².